The molecule has 5 rings (SSSR count). The van der Waals surface area contributed by atoms with Crippen LogP contribution in [0.4, 0.5) is 0 Å². The average Bonchev–Trinajstić information content (AvgIpc) is 3.28. The molecule has 2 aromatic heterocycles. The average molecular weight is 346 g/mol. The molecule has 25 heavy (non-hydrogen) atoms. The molecule has 0 bridgehead atoms. The van der Waals surface area contributed by atoms with E-state index in [-0.39, 0.29) is 0 Å². The highest BCUT2D eigenvalue weighted by Gasteiger charge is 2.16. The molecule has 3 aromatic carbocycles. The van der Waals surface area contributed by atoms with Crippen molar-refractivity contribution in [1.82, 2.24) is 25.2 Å². The van der Waals surface area contributed by atoms with Crippen molar-refractivity contribution >= 4 is 33.3 Å². The number of nitrogens with one attached hydrogen (secondary N) is 1. The van der Waals surface area contributed by atoms with Gasteiger partial charge in [0.2, 0.25) is 0 Å². The SMILES string of the molecule is Clc1cccc2c(-c3nnnn3-c3ccc4ccccc4c3)c[nH]c12. The van der Waals surface area contributed by atoms with E-state index in [1.807, 2.05) is 42.6 Å². The molecule has 0 atom stereocenters. The Bertz CT molecular complexity index is 1220. The molecule has 0 aliphatic carbocycles. The Hall–Kier alpha value is -3.18. The van der Waals surface area contributed by atoms with Crippen LogP contribution < -0.4 is 0 Å². The lowest BCUT2D eigenvalue weighted by Gasteiger charge is -2.06. The molecule has 2 heterocycles. The number of nitrogens with zero attached hydrogens (tertiary/aromatic N) is 4. The molecule has 5 aromatic rings. The topological polar surface area (TPSA) is 59.4 Å². The molecule has 0 fully saturated rings. The standard InChI is InChI=1S/C19H12ClN5/c20-17-7-3-6-15-16(11-21-18(15)17)19-22-23-24-25(19)14-9-8-12-4-1-2-5-13(12)10-14/h1-11,21H. The van der Waals surface area contributed by atoms with E-state index in [0.29, 0.717) is 10.8 Å². The molecule has 0 saturated carbocycles. The summed E-state index contributed by atoms with van der Waals surface area (Å²) in [4.78, 5) is 3.21. The molecule has 0 radical (unpaired) electrons. The molecule has 0 saturated heterocycles. The predicted octanol–water partition coefficient (Wildman–Crippen LogP) is 4.62. The first-order valence-electron chi connectivity index (χ1n) is 7.85. The number of hydrogen-bond donors (Lipinski definition) is 1. The number of hydrogen-bond acceptors (Lipinski definition) is 3. The zero-order chi connectivity index (χ0) is 16.8. The monoisotopic (exact) mass is 345 g/mol. The Balaban J connectivity index is 1.72. The van der Waals surface area contributed by atoms with Crippen molar-refractivity contribution in [3.8, 4) is 17.1 Å². The van der Waals surface area contributed by atoms with Crippen LogP contribution >= 0.6 is 11.6 Å². The zero-order valence-electron chi connectivity index (χ0n) is 13.0. The van der Waals surface area contributed by atoms with Gasteiger partial charge in [-0.05, 0) is 39.4 Å². The maximum atomic E-state index is 6.26. The first-order valence-corrected chi connectivity index (χ1v) is 8.22. The van der Waals surface area contributed by atoms with E-state index in [1.165, 1.54) is 5.39 Å². The number of fused-ring (bicyclic) bond motifs is 2. The maximum Gasteiger partial charge on any atom is 0.189 e. The van der Waals surface area contributed by atoms with Gasteiger partial charge < -0.3 is 4.98 Å². The number of aromatic nitrogens is 5. The van der Waals surface area contributed by atoms with Crippen molar-refractivity contribution in [2.45, 2.75) is 0 Å². The molecule has 5 nitrogen and oxygen atoms in total. The van der Waals surface area contributed by atoms with Gasteiger partial charge in [-0.3, -0.25) is 0 Å². The second-order valence-corrected chi connectivity index (χ2v) is 6.22. The second kappa shape index (κ2) is 5.43. The van der Waals surface area contributed by atoms with E-state index in [1.54, 1.807) is 4.68 Å². The number of halogens is 1. The molecule has 0 aliphatic rings. The van der Waals surface area contributed by atoms with E-state index in [0.717, 1.165) is 27.5 Å². The van der Waals surface area contributed by atoms with Gasteiger partial charge in [0.15, 0.2) is 5.82 Å². The van der Waals surface area contributed by atoms with Gasteiger partial charge in [-0.1, -0.05) is 54.1 Å². The fraction of sp³-hybridized carbons (Fsp3) is 0. The highest BCUT2D eigenvalue weighted by atomic mass is 35.5. The Morgan fingerprint density at radius 3 is 2.72 bits per heavy atom. The summed E-state index contributed by atoms with van der Waals surface area (Å²) in [7, 11) is 0. The lowest BCUT2D eigenvalue weighted by atomic mass is 10.1. The normalized spacial score (nSPS) is 11.4. The van der Waals surface area contributed by atoms with Crippen LogP contribution in [-0.4, -0.2) is 25.2 Å². The minimum absolute atomic E-state index is 0.670. The third-order valence-electron chi connectivity index (χ3n) is 4.35. The van der Waals surface area contributed by atoms with Crippen molar-refractivity contribution in [3.05, 3.63) is 71.9 Å². The minimum Gasteiger partial charge on any atom is -0.359 e. The van der Waals surface area contributed by atoms with Gasteiger partial charge in [0, 0.05) is 17.1 Å². The van der Waals surface area contributed by atoms with Crippen LogP contribution in [0.15, 0.2) is 66.9 Å². The van der Waals surface area contributed by atoms with Gasteiger partial charge in [0.1, 0.15) is 0 Å². The Kier molecular flexibility index (Phi) is 3.08. The fourth-order valence-corrected chi connectivity index (χ4v) is 3.37. The van der Waals surface area contributed by atoms with Gasteiger partial charge in [-0.25, -0.2) is 0 Å². The number of benzene rings is 3. The second-order valence-electron chi connectivity index (χ2n) is 5.81. The van der Waals surface area contributed by atoms with E-state index < -0.39 is 0 Å². The molecule has 0 unspecified atom stereocenters. The minimum atomic E-state index is 0.670. The Labute approximate surface area is 147 Å². The Morgan fingerprint density at radius 2 is 1.80 bits per heavy atom. The first kappa shape index (κ1) is 14.2. The van der Waals surface area contributed by atoms with Crippen LogP contribution in [0, 0.1) is 0 Å². The van der Waals surface area contributed by atoms with Crippen LogP contribution in [0.5, 0.6) is 0 Å². The quantitative estimate of drug-likeness (QED) is 0.508. The third kappa shape index (κ3) is 2.21. The van der Waals surface area contributed by atoms with Gasteiger partial charge in [0.05, 0.1) is 16.2 Å². The smallest absolute Gasteiger partial charge is 0.189 e. The molecule has 1 N–H and O–H groups in total. The van der Waals surface area contributed by atoms with Crippen LogP contribution in [0.3, 0.4) is 0 Å². The summed E-state index contributed by atoms with van der Waals surface area (Å²) in [5, 5.41) is 16.3. The number of para-hydroxylation sites is 1. The molecule has 0 aliphatic heterocycles. The lowest BCUT2D eigenvalue weighted by Crippen LogP contribution is -1.99. The predicted molar refractivity (Wildman–Crippen MR) is 99.0 cm³/mol. The first-order chi connectivity index (χ1) is 12.3. The van der Waals surface area contributed by atoms with Gasteiger partial charge >= 0.3 is 0 Å². The summed E-state index contributed by atoms with van der Waals surface area (Å²) in [5.74, 6) is 0.670. The summed E-state index contributed by atoms with van der Waals surface area (Å²) in [5.41, 5.74) is 2.71. The largest absolute Gasteiger partial charge is 0.359 e. The van der Waals surface area contributed by atoms with Crippen molar-refractivity contribution in [2.75, 3.05) is 0 Å². The lowest BCUT2D eigenvalue weighted by molar-refractivity contribution is 0.792. The van der Waals surface area contributed by atoms with Crippen molar-refractivity contribution in [2.24, 2.45) is 0 Å². The molecule has 0 spiro atoms. The molecular formula is C19H12ClN5. The summed E-state index contributed by atoms with van der Waals surface area (Å²) >= 11 is 6.26. The van der Waals surface area contributed by atoms with Crippen molar-refractivity contribution in [3.63, 3.8) is 0 Å². The van der Waals surface area contributed by atoms with E-state index in [2.05, 4.69) is 44.8 Å². The highest BCUT2D eigenvalue weighted by molar-refractivity contribution is 6.35. The highest BCUT2D eigenvalue weighted by Crippen LogP contribution is 2.32. The third-order valence-corrected chi connectivity index (χ3v) is 4.67. The molecule has 0 amide bonds. The molecule has 120 valence electrons. The number of H-pyrrole nitrogens is 1. The van der Waals surface area contributed by atoms with Crippen LogP contribution in [0.25, 0.3) is 38.8 Å². The number of rotatable bonds is 2. The van der Waals surface area contributed by atoms with Gasteiger partial charge in [-0.15, -0.1) is 5.10 Å². The summed E-state index contributed by atoms with van der Waals surface area (Å²) in [6, 6.07) is 20.2. The van der Waals surface area contributed by atoms with Crippen LogP contribution in [-0.2, 0) is 0 Å². The maximum absolute atomic E-state index is 6.26. The zero-order valence-corrected chi connectivity index (χ0v) is 13.8. The van der Waals surface area contributed by atoms with Gasteiger partial charge in [-0.2, -0.15) is 4.68 Å². The Morgan fingerprint density at radius 1 is 0.920 bits per heavy atom. The van der Waals surface area contributed by atoms with Crippen molar-refractivity contribution < 1.29 is 0 Å². The fourth-order valence-electron chi connectivity index (χ4n) is 3.14. The van der Waals surface area contributed by atoms with Crippen LogP contribution in [0.2, 0.25) is 5.02 Å². The van der Waals surface area contributed by atoms with Crippen molar-refractivity contribution in [1.29, 1.82) is 0 Å². The van der Waals surface area contributed by atoms with E-state index in [4.69, 9.17) is 11.6 Å². The van der Waals surface area contributed by atoms with E-state index in [9.17, 15) is 0 Å². The molecular weight excluding hydrogens is 334 g/mol. The molecule has 6 heteroatoms. The summed E-state index contributed by atoms with van der Waals surface area (Å²) in [6.45, 7) is 0. The number of tetrazole rings is 1. The summed E-state index contributed by atoms with van der Waals surface area (Å²) in [6.07, 6.45) is 1.89. The summed E-state index contributed by atoms with van der Waals surface area (Å²) < 4.78 is 1.75. The van der Waals surface area contributed by atoms with Crippen LogP contribution in [0.1, 0.15) is 0 Å². The number of aromatic amines is 1. The van der Waals surface area contributed by atoms with Gasteiger partial charge in [0.25, 0.3) is 0 Å². The van der Waals surface area contributed by atoms with E-state index >= 15 is 0 Å².